The van der Waals surface area contributed by atoms with Crippen LogP contribution in [0.1, 0.15) is 19.3 Å². The van der Waals surface area contributed by atoms with E-state index in [1.807, 2.05) is 12.1 Å². The van der Waals surface area contributed by atoms with Crippen molar-refractivity contribution in [2.45, 2.75) is 37.1 Å². The Morgan fingerprint density at radius 2 is 1.97 bits per heavy atom. The van der Waals surface area contributed by atoms with Crippen LogP contribution in [-0.4, -0.2) is 34.6 Å². The molecule has 0 unspecified atom stereocenters. The monoisotopic (exact) mass is 418 g/mol. The summed E-state index contributed by atoms with van der Waals surface area (Å²) in [6.07, 6.45) is 3.33. The van der Waals surface area contributed by atoms with Crippen LogP contribution < -0.4 is 10.3 Å². The van der Waals surface area contributed by atoms with Gasteiger partial charge in [-0.25, -0.2) is 4.98 Å². The largest absolute Gasteiger partial charge is 0.435 e. The Labute approximate surface area is 170 Å². The number of thioether (sulfide) groups is 1. The molecule has 8 heteroatoms. The molecule has 0 bridgehead atoms. The minimum atomic E-state index is -2.90. The van der Waals surface area contributed by atoms with Crippen molar-refractivity contribution in [1.82, 2.24) is 9.55 Å². The molecule has 0 amide bonds. The summed E-state index contributed by atoms with van der Waals surface area (Å²) < 4.78 is 36.6. The van der Waals surface area contributed by atoms with Crippen molar-refractivity contribution in [3.63, 3.8) is 0 Å². The fraction of sp³-hybridized carbons (Fsp3) is 0.333. The fourth-order valence-electron chi connectivity index (χ4n) is 3.32. The average molecular weight is 418 g/mol. The Morgan fingerprint density at radius 1 is 1.17 bits per heavy atom. The molecule has 0 aliphatic carbocycles. The molecule has 1 aliphatic heterocycles. The predicted octanol–water partition coefficient (Wildman–Crippen LogP) is 4.65. The van der Waals surface area contributed by atoms with Gasteiger partial charge in [0.25, 0.3) is 5.56 Å². The maximum absolute atomic E-state index is 13.2. The van der Waals surface area contributed by atoms with E-state index in [2.05, 4.69) is 9.72 Å². The Kier molecular flexibility index (Phi) is 6.10. The number of ether oxygens (including phenoxy) is 2. The molecule has 1 aromatic heterocycles. The summed E-state index contributed by atoms with van der Waals surface area (Å²) in [7, 11) is 0. The van der Waals surface area contributed by atoms with Crippen molar-refractivity contribution in [1.29, 1.82) is 0 Å². The molecule has 1 atom stereocenters. The van der Waals surface area contributed by atoms with E-state index >= 15 is 0 Å². The normalized spacial score (nSPS) is 17.0. The molecule has 1 aliphatic rings. The third kappa shape index (κ3) is 4.59. The molecule has 0 N–H and O–H groups in total. The second-order valence-electron chi connectivity index (χ2n) is 6.72. The van der Waals surface area contributed by atoms with Crippen molar-refractivity contribution in [3.05, 3.63) is 58.9 Å². The molecule has 4 rings (SSSR count). The van der Waals surface area contributed by atoms with Gasteiger partial charge in [0, 0.05) is 12.4 Å². The van der Waals surface area contributed by atoms with Crippen molar-refractivity contribution in [2.24, 2.45) is 0 Å². The van der Waals surface area contributed by atoms with Crippen LogP contribution in [-0.2, 0) is 4.74 Å². The second kappa shape index (κ2) is 8.92. The van der Waals surface area contributed by atoms with Crippen molar-refractivity contribution < 1.29 is 18.3 Å². The maximum atomic E-state index is 13.2. The summed E-state index contributed by atoms with van der Waals surface area (Å²) in [6, 6.07) is 13.2. The molecule has 5 nitrogen and oxygen atoms in total. The molecule has 0 radical (unpaired) electrons. The van der Waals surface area contributed by atoms with E-state index in [1.165, 1.54) is 28.5 Å². The number of hydrogen-bond donors (Lipinski definition) is 0. The quantitative estimate of drug-likeness (QED) is 0.431. The van der Waals surface area contributed by atoms with Crippen LogP contribution in [0.15, 0.2) is 58.5 Å². The first kappa shape index (κ1) is 19.8. The number of hydrogen-bond acceptors (Lipinski definition) is 5. The van der Waals surface area contributed by atoms with Gasteiger partial charge in [0.05, 0.1) is 22.7 Å². The number of alkyl halides is 2. The summed E-state index contributed by atoms with van der Waals surface area (Å²) in [5, 5.41) is 1.05. The van der Waals surface area contributed by atoms with Gasteiger partial charge in [-0.1, -0.05) is 23.9 Å². The van der Waals surface area contributed by atoms with Gasteiger partial charge in [0.2, 0.25) is 0 Å². The first-order chi connectivity index (χ1) is 14.1. The summed E-state index contributed by atoms with van der Waals surface area (Å²) >= 11 is 1.47. The van der Waals surface area contributed by atoms with E-state index in [0.717, 1.165) is 25.9 Å². The smallest absolute Gasteiger partial charge is 0.387 e. The fourth-order valence-corrected chi connectivity index (χ4v) is 4.40. The minimum absolute atomic E-state index is 0.0374. The van der Waals surface area contributed by atoms with Gasteiger partial charge in [-0.05, 0) is 55.7 Å². The van der Waals surface area contributed by atoms with Crippen molar-refractivity contribution in [3.8, 4) is 11.4 Å². The Morgan fingerprint density at radius 3 is 2.69 bits per heavy atom. The van der Waals surface area contributed by atoms with Crippen LogP contribution in [0.4, 0.5) is 8.78 Å². The van der Waals surface area contributed by atoms with E-state index in [9.17, 15) is 13.6 Å². The van der Waals surface area contributed by atoms with E-state index in [4.69, 9.17) is 4.74 Å². The molecule has 0 saturated carbocycles. The topological polar surface area (TPSA) is 53.3 Å². The zero-order valence-electron chi connectivity index (χ0n) is 15.6. The van der Waals surface area contributed by atoms with E-state index < -0.39 is 6.61 Å². The Bertz CT molecular complexity index is 1030. The number of rotatable bonds is 6. The molecular formula is C21H20F2N2O3S. The lowest BCUT2D eigenvalue weighted by molar-refractivity contribution is -0.0498. The highest BCUT2D eigenvalue weighted by molar-refractivity contribution is 7.99. The molecule has 152 valence electrons. The lowest BCUT2D eigenvalue weighted by Gasteiger charge is -2.22. The van der Waals surface area contributed by atoms with Crippen molar-refractivity contribution >= 4 is 22.7 Å². The zero-order valence-corrected chi connectivity index (χ0v) is 16.4. The van der Waals surface area contributed by atoms with Gasteiger partial charge >= 0.3 is 6.61 Å². The predicted molar refractivity (Wildman–Crippen MR) is 108 cm³/mol. The number of aromatic nitrogens is 2. The molecule has 0 spiro atoms. The number of benzene rings is 2. The van der Waals surface area contributed by atoms with Crippen LogP contribution in [0.5, 0.6) is 5.75 Å². The lowest BCUT2D eigenvalue weighted by atomic mass is 10.1. The molecule has 2 heterocycles. The van der Waals surface area contributed by atoms with Crippen LogP contribution in [0, 0.1) is 0 Å². The van der Waals surface area contributed by atoms with Crippen LogP contribution >= 0.6 is 11.8 Å². The molecule has 1 fully saturated rings. The summed E-state index contributed by atoms with van der Waals surface area (Å²) in [5.41, 5.74) is 0.964. The van der Waals surface area contributed by atoms with Gasteiger partial charge in [-0.15, -0.1) is 0 Å². The number of nitrogens with zero attached hydrogens (tertiary/aromatic N) is 2. The van der Waals surface area contributed by atoms with Crippen LogP contribution in [0.2, 0.25) is 0 Å². The highest BCUT2D eigenvalue weighted by Gasteiger charge is 2.18. The van der Waals surface area contributed by atoms with E-state index in [0.29, 0.717) is 27.5 Å². The third-order valence-electron chi connectivity index (χ3n) is 4.74. The highest BCUT2D eigenvalue weighted by Crippen LogP contribution is 2.26. The third-order valence-corrected chi connectivity index (χ3v) is 5.81. The lowest BCUT2D eigenvalue weighted by Crippen LogP contribution is -2.24. The van der Waals surface area contributed by atoms with Crippen LogP contribution in [0.25, 0.3) is 16.6 Å². The Hall–Kier alpha value is -2.45. The van der Waals surface area contributed by atoms with Gasteiger partial charge in [0.15, 0.2) is 5.16 Å². The maximum Gasteiger partial charge on any atom is 0.387 e. The summed E-state index contributed by atoms with van der Waals surface area (Å²) in [4.78, 5) is 17.9. The first-order valence-corrected chi connectivity index (χ1v) is 10.4. The first-order valence-electron chi connectivity index (χ1n) is 9.43. The zero-order chi connectivity index (χ0) is 20.2. The Balaban J connectivity index is 1.71. The van der Waals surface area contributed by atoms with Gasteiger partial charge in [-0.2, -0.15) is 8.78 Å². The van der Waals surface area contributed by atoms with Crippen molar-refractivity contribution in [2.75, 3.05) is 12.4 Å². The molecule has 2 aromatic carbocycles. The second-order valence-corrected chi connectivity index (χ2v) is 7.71. The summed E-state index contributed by atoms with van der Waals surface area (Å²) in [5.74, 6) is 0.729. The van der Waals surface area contributed by atoms with Crippen LogP contribution in [0.3, 0.4) is 0 Å². The SMILES string of the molecule is O=c1c2ccccc2nc(SC[C@H]2CCCCO2)n1-c1ccc(OC(F)F)cc1. The summed E-state index contributed by atoms with van der Waals surface area (Å²) in [6.45, 7) is -2.14. The minimum Gasteiger partial charge on any atom is -0.435 e. The molecule has 1 saturated heterocycles. The number of para-hydroxylation sites is 1. The van der Waals surface area contributed by atoms with E-state index in [-0.39, 0.29) is 17.4 Å². The van der Waals surface area contributed by atoms with Gasteiger partial charge in [0.1, 0.15) is 5.75 Å². The molecule has 3 aromatic rings. The van der Waals surface area contributed by atoms with Gasteiger partial charge < -0.3 is 9.47 Å². The average Bonchev–Trinajstić information content (AvgIpc) is 2.74. The van der Waals surface area contributed by atoms with E-state index in [1.54, 1.807) is 24.3 Å². The molecular weight excluding hydrogens is 398 g/mol. The molecule has 29 heavy (non-hydrogen) atoms. The number of halogens is 2. The standard InChI is InChI=1S/C21H20F2N2O3S/c22-20(23)28-15-10-8-14(9-11-15)25-19(26)17-6-1-2-7-18(17)24-21(25)29-13-16-5-3-4-12-27-16/h1-2,6-11,16,20H,3-5,12-13H2/t16-/m1/s1. The van der Waals surface area contributed by atoms with Gasteiger partial charge in [-0.3, -0.25) is 9.36 Å². The highest BCUT2D eigenvalue weighted by atomic mass is 32.2. The number of fused-ring (bicyclic) bond motifs is 1.